The largest absolute Gasteiger partial charge is 0.490 e. The quantitative estimate of drug-likeness (QED) is 0.839. The third kappa shape index (κ3) is 5.10. The fraction of sp³-hybridized carbons (Fsp3) is 0.571. The molecule has 1 fully saturated rings. The Morgan fingerprint density at radius 1 is 1.32 bits per heavy atom. The number of benzene rings is 1. The molecule has 0 bridgehead atoms. The molecule has 1 aliphatic rings. The van der Waals surface area contributed by atoms with E-state index in [4.69, 9.17) is 16.3 Å². The number of hydrogen-bond acceptors (Lipinski definition) is 4. The zero-order valence-corrected chi connectivity index (χ0v) is 13.5. The first-order valence-electron chi connectivity index (χ1n) is 6.54. The van der Waals surface area contributed by atoms with Crippen molar-refractivity contribution in [3.8, 4) is 5.75 Å². The molecule has 1 N–H and O–H groups in total. The van der Waals surface area contributed by atoms with Crippen molar-refractivity contribution < 1.29 is 4.74 Å². The summed E-state index contributed by atoms with van der Waals surface area (Å²) in [4.78, 5) is 0. The molecule has 106 valence electrons. The molecule has 1 aromatic carbocycles. The van der Waals surface area contributed by atoms with E-state index in [1.165, 1.54) is 23.0 Å². The van der Waals surface area contributed by atoms with E-state index in [2.05, 4.69) is 5.32 Å². The van der Waals surface area contributed by atoms with Crippen LogP contribution in [-0.4, -0.2) is 42.2 Å². The molecule has 1 saturated heterocycles. The van der Waals surface area contributed by atoms with Gasteiger partial charge in [0.1, 0.15) is 12.4 Å². The number of para-hydroxylation sites is 1. The average Bonchev–Trinajstić information content (AvgIpc) is 2.66. The fourth-order valence-electron chi connectivity index (χ4n) is 1.95. The molecule has 0 radical (unpaired) electrons. The lowest BCUT2D eigenvalue weighted by Gasteiger charge is -2.16. The Morgan fingerprint density at radius 2 is 2.05 bits per heavy atom. The molecule has 0 amide bonds. The SMILES string of the molecule is Cc1cccc(Cl)c1OCCNC1CSCCSC1. The van der Waals surface area contributed by atoms with Crippen molar-refractivity contribution in [2.75, 3.05) is 36.2 Å². The molecule has 2 nitrogen and oxygen atoms in total. The molecular formula is C14H20ClNOS2. The van der Waals surface area contributed by atoms with Gasteiger partial charge in [-0.25, -0.2) is 0 Å². The first-order chi connectivity index (χ1) is 9.27. The Bertz CT molecular complexity index is 375. The van der Waals surface area contributed by atoms with Crippen molar-refractivity contribution in [1.29, 1.82) is 0 Å². The number of thioether (sulfide) groups is 2. The Balaban J connectivity index is 1.71. The molecule has 5 heteroatoms. The Labute approximate surface area is 129 Å². The number of nitrogens with one attached hydrogen (secondary N) is 1. The van der Waals surface area contributed by atoms with Crippen LogP contribution in [0.5, 0.6) is 5.75 Å². The predicted octanol–water partition coefficient (Wildman–Crippen LogP) is 3.47. The highest BCUT2D eigenvalue weighted by molar-refractivity contribution is 8.03. The number of aryl methyl sites for hydroxylation is 1. The lowest BCUT2D eigenvalue weighted by molar-refractivity contribution is 0.308. The Morgan fingerprint density at radius 3 is 2.74 bits per heavy atom. The topological polar surface area (TPSA) is 21.3 Å². The van der Waals surface area contributed by atoms with Gasteiger partial charge in [0.2, 0.25) is 0 Å². The standard InChI is InChI=1S/C14H20ClNOS2/c1-11-3-2-4-13(15)14(11)17-6-5-16-12-9-18-7-8-19-10-12/h2-4,12,16H,5-10H2,1H3. The van der Waals surface area contributed by atoms with Crippen LogP contribution >= 0.6 is 35.1 Å². The van der Waals surface area contributed by atoms with E-state index in [-0.39, 0.29) is 0 Å². The van der Waals surface area contributed by atoms with Crippen molar-refractivity contribution in [3.63, 3.8) is 0 Å². The summed E-state index contributed by atoms with van der Waals surface area (Å²) in [5.74, 6) is 5.78. The van der Waals surface area contributed by atoms with Gasteiger partial charge in [0.25, 0.3) is 0 Å². The van der Waals surface area contributed by atoms with Gasteiger partial charge >= 0.3 is 0 Å². The molecule has 1 aliphatic heterocycles. The number of halogens is 1. The monoisotopic (exact) mass is 317 g/mol. The first-order valence-corrected chi connectivity index (χ1v) is 9.23. The van der Waals surface area contributed by atoms with Gasteiger partial charge in [0.15, 0.2) is 0 Å². The van der Waals surface area contributed by atoms with Gasteiger partial charge in [-0.05, 0) is 18.6 Å². The molecule has 1 aromatic rings. The third-order valence-electron chi connectivity index (χ3n) is 2.96. The maximum Gasteiger partial charge on any atom is 0.140 e. The summed E-state index contributed by atoms with van der Waals surface area (Å²) < 4.78 is 5.78. The van der Waals surface area contributed by atoms with Crippen molar-refractivity contribution in [2.45, 2.75) is 13.0 Å². The number of ether oxygens (including phenoxy) is 1. The van der Waals surface area contributed by atoms with Crippen LogP contribution in [0.15, 0.2) is 18.2 Å². The minimum Gasteiger partial charge on any atom is -0.490 e. The van der Waals surface area contributed by atoms with Crippen LogP contribution in [0.4, 0.5) is 0 Å². The van der Waals surface area contributed by atoms with Gasteiger partial charge < -0.3 is 10.1 Å². The van der Waals surface area contributed by atoms with Crippen LogP contribution < -0.4 is 10.1 Å². The lowest BCUT2D eigenvalue weighted by atomic mass is 10.2. The molecule has 0 unspecified atom stereocenters. The zero-order valence-electron chi connectivity index (χ0n) is 11.2. The Hall–Kier alpha value is -0.0300. The summed E-state index contributed by atoms with van der Waals surface area (Å²) in [6, 6.07) is 6.44. The molecule has 0 saturated carbocycles. The van der Waals surface area contributed by atoms with Crippen LogP contribution in [0.25, 0.3) is 0 Å². The molecule has 0 aromatic heterocycles. The van der Waals surface area contributed by atoms with E-state index in [9.17, 15) is 0 Å². The van der Waals surface area contributed by atoms with Crippen LogP contribution in [0, 0.1) is 6.92 Å². The minimum absolute atomic E-state index is 0.605. The van der Waals surface area contributed by atoms with Gasteiger partial charge in [-0.15, -0.1) is 0 Å². The summed E-state index contributed by atoms with van der Waals surface area (Å²) in [5, 5.41) is 4.26. The van der Waals surface area contributed by atoms with Gasteiger partial charge in [-0.3, -0.25) is 0 Å². The lowest BCUT2D eigenvalue weighted by Crippen LogP contribution is -2.36. The normalized spacial score (nSPS) is 17.2. The maximum absolute atomic E-state index is 6.13. The molecular weight excluding hydrogens is 298 g/mol. The fourth-order valence-corrected chi connectivity index (χ4v) is 4.69. The number of rotatable bonds is 5. The van der Waals surface area contributed by atoms with Gasteiger partial charge in [-0.1, -0.05) is 23.7 Å². The molecule has 19 heavy (non-hydrogen) atoms. The Kier molecular flexibility index (Phi) is 6.71. The van der Waals surface area contributed by atoms with E-state index in [1.807, 2.05) is 48.6 Å². The highest BCUT2D eigenvalue weighted by Crippen LogP contribution is 2.27. The van der Waals surface area contributed by atoms with E-state index in [1.54, 1.807) is 0 Å². The van der Waals surface area contributed by atoms with Crippen molar-refractivity contribution >= 4 is 35.1 Å². The van der Waals surface area contributed by atoms with Crippen LogP contribution in [-0.2, 0) is 0 Å². The van der Waals surface area contributed by atoms with E-state index >= 15 is 0 Å². The second-order valence-corrected chi connectivity index (χ2v) is 7.24. The molecule has 0 aliphatic carbocycles. The van der Waals surface area contributed by atoms with E-state index in [0.717, 1.165) is 17.9 Å². The van der Waals surface area contributed by atoms with Gasteiger partial charge in [-0.2, -0.15) is 23.5 Å². The third-order valence-corrected chi connectivity index (χ3v) is 5.77. The maximum atomic E-state index is 6.13. The first kappa shape index (κ1) is 15.4. The summed E-state index contributed by atoms with van der Waals surface area (Å²) in [6.07, 6.45) is 0. The van der Waals surface area contributed by atoms with Crippen LogP contribution in [0.1, 0.15) is 5.56 Å². The van der Waals surface area contributed by atoms with Crippen molar-refractivity contribution in [1.82, 2.24) is 5.32 Å². The molecule has 0 atom stereocenters. The van der Waals surface area contributed by atoms with Gasteiger partial charge in [0, 0.05) is 35.6 Å². The number of hydrogen-bond donors (Lipinski definition) is 1. The highest BCUT2D eigenvalue weighted by atomic mass is 35.5. The van der Waals surface area contributed by atoms with Crippen LogP contribution in [0.3, 0.4) is 0 Å². The highest BCUT2D eigenvalue weighted by Gasteiger charge is 2.12. The zero-order chi connectivity index (χ0) is 13.5. The average molecular weight is 318 g/mol. The molecule has 2 rings (SSSR count). The summed E-state index contributed by atoms with van der Waals surface area (Å²) in [5.41, 5.74) is 1.09. The molecule has 0 spiro atoms. The minimum atomic E-state index is 0.605. The van der Waals surface area contributed by atoms with Crippen molar-refractivity contribution in [3.05, 3.63) is 28.8 Å². The van der Waals surface area contributed by atoms with Gasteiger partial charge in [0.05, 0.1) is 5.02 Å². The second kappa shape index (κ2) is 8.30. The van der Waals surface area contributed by atoms with E-state index in [0.29, 0.717) is 17.7 Å². The summed E-state index contributed by atoms with van der Waals surface area (Å²) in [6.45, 7) is 3.56. The van der Waals surface area contributed by atoms with Crippen molar-refractivity contribution in [2.24, 2.45) is 0 Å². The summed E-state index contributed by atoms with van der Waals surface area (Å²) in [7, 11) is 0. The van der Waals surface area contributed by atoms with Crippen LogP contribution in [0.2, 0.25) is 5.02 Å². The second-order valence-electron chi connectivity index (χ2n) is 4.54. The summed E-state index contributed by atoms with van der Waals surface area (Å²) >= 11 is 10.2. The molecule has 1 heterocycles. The van der Waals surface area contributed by atoms with E-state index < -0.39 is 0 Å². The smallest absolute Gasteiger partial charge is 0.140 e. The predicted molar refractivity (Wildman–Crippen MR) is 88.1 cm³/mol.